The fourth-order valence-corrected chi connectivity index (χ4v) is 4.58. The first-order chi connectivity index (χ1) is 9.28. The van der Waals surface area contributed by atoms with E-state index in [1.165, 1.54) is 24.8 Å². The number of oxime groups is 1. The molecule has 0 spiro atoms. The van der Waals surface area contributed by atoms with Crippen LogP contribution in [0.5, 0.6) is 0 Å². The van der Waals surface area contributed by atoms with Gasteiger partial charge in [-0.2, -0.15) is 0 Å². The van der Waals surface area contributed by atoms with Crippen molar-refractivity contribution in [2.24, 2.45) is 11.1 Å². The molecule has 3 fully saturated rings. The molecule has 0 aromatic heterocycles. The molecule has 0 aliphatic carbocycles. The molecule has 1 aromatic carbocycles. The summed E-state index contributed by atoms with van der Waals surface area (Å²) >= 11 is 5.98. The van der Waals surface area contributed by atoms with Crippen molar-refractivity contribution < 1.29 is 5.21 Å². The second-order valence-electron chi connectivity index (χ2n) is 5.98. The Morgan fingerprint density at radius 2 is 2.00 bits per heavy atom. The summed E-state index contributed by atoms with van der Waals surface area (Å²) in [6.45, 7) is 0.862. The van der Waals surface area contributed by atoms with Crippen molar-refractivity contribution in [1.82, 2.24) is 4.90 Å². The predicted molar refractivity (Wildman–Crippen MR) is 75.0 cm³/mol. The number of benzene rings is 1. The standard InChI is InChI=1S/C15H17ClN2O/c16-10-3-1-9(2-4-10)12-7-11-5-6-14-15(12)13(17-19)8-18(11)14/h1-4,11-12,14-15,19H,5-8H2/b17-13+/t11-,12+,14+,15+/m0/s1. The summed E-state index contributed by atoms with van der Waals surface area (Å²) in [5, 5.41) is 13.7. The molecule has 5 atom stereocenters. The third-order valence-electron chi connectivity index (χ3n) is 5.22. The van der Waals surface area contributed by atoms with Crippen LogP contribution in [0.2, 0.25) is 5.02 Å². The van der Waals surface area contributed by atoms with Crippen molar-refractivity contribution in [3.8, 4) is 0 Å². The lowest BCUT2D eigenvalue weighted by molar-refractivity contribution is 0.154. The average molecular weight is 277 g/mol. The summed E-state index contributed by atoms with van der Waals surface area (Å²) in [6, 6.07) is 9.46. The second-order valence-corrected chi connectivity index (χ2v) is 6.42. The molecule has 1 N–H and O–H groups in total. The van der Waals surface area contributed by atoms with Crippen LogP contribution >= 0.6 is 11.6 Å². The topological polar surface area (TPSA) is 35.8 Å². The summed E-state index contributed by atoms with van der Waals surface area (Å²) in [5.74, 6) is 0.879. The van der Waals surface area contributed by atoms with Crippen LogP contribution in [0.1, 0.15) is 30.7 Å². The summed E-state index contributed by atoms with van der Waals surface area (Å²) in [7, 11) is 0. The van der Waals surface area contributed by atoms with Gasteiger partial charge in [0.05, 0.1) is 5.71 Å². The summed E-state index contributed by atoms with van der Waals surface area (Å²) in [5.41, 5.74) is 2.32. The third-order valence-corrected chi connectivity index (χ3v) is 5.47. The minimum atomic E-state index is 0.393. The maximum Gasteiger partial charge on any atom is 0.0763 e. The lowest BCUT2D eigenvalue weighted by Gasteiger charge is -2.36. The Labute approximate surface area is 117 Å². The predicted octanol–water partition coefficient (Wildman–Crippen LogP) is 3.12. The zero-order chi connectivity index (χ0) is 13.0. The first-order valence-corrected chi connectivity index (χ1v) is 7.38. The second kappa shape index (κ2) is 4.22. The molecule has 3 aliphatic rings. The Hall–Kier alpha value is -1.06. The first kappa shape index (κ1) is 11.7. The molecule has 19 heavy (non-hydrogen) atoms. The fourth-order valence-electron chi connectivity index (χ4n) is 4.46. The first-order valence-electron chi connectivity index (χ1n) is 7.00. The Morgan fingerprint density at radius 3 is 2.74 bits per heavy atom. The molecule has 1 unspecified atom stereocenters. The molecule has 4 heteroatoms. The van der Waals surface area contributed by atoms with Gasteiger partial charge in [-0.15, -0.1) is 0 Å². The molecule has 0 saturated carbocycles. The van der Waals surface area contributed by atoms with Crippen LogP contribution in [0.25, 0.3) is 0 Å². The van der Waals surface area contributed by atoms with Gasteiger partial charge in [-0.25, -0.2) is 0 Å². The van der Waals surface area contributed by atoms with Crippen LogP contribution in [0, 0.1) is 5.92 Å². The van der Waals surface area contributed by atoms with Gasteiger partial charge < -0.3 is 5.21 Å². The van der Waals surface area contributed by atoms with E-state index in [-0.39, 0.29) is 0 Å². The molecule has 100 valence electrons. The van der Waals surface area contributed by atoms with Gasteiger partial charge in [-0.1, -0.05) is 28.9 Å². The Balaban J connectivity index is 1.74. The Bertz CT molecular complexity index is 527. The van der Waals surface area contributed by atoms with E-state index in [0.717, 1.165) is 17.3 Å². The van der Waals surface area contributed by atoms with E-state index in [4.69, 9.17) is 11.6 Å². The average Bonchev–Trinajstić information content (AvgIpc) is 2.85. The van der Waals surface area contributed by atoms with Gasteiger partial charge in [0.25, 0.3) is 0 Å². The number of hydrogen-bond donors (Lipinski definition) is 1. The van der Waals surface area contributed by atoms with Crippen molar-refractivity contribution in [3.63, 3.8) is 0 Å². The summed E-state index contributed by atoms with van der Waals surface area (Å²) in [6.07, 6.45) is 3.73. The largest absolute Gasteiger partial charge is 0.411 e. The van der Waals surface area contributed by atoms with Gasteiger partial charge in [0.15, 0.2) is 0 Å². The smallest absolute Gasteiger partial charge is 0.0763 e. The molecule has 0 radical (unpaired) electrons. The van der Waals surface area contributed by atoms with E-state index < -0.39 is 0 Å². The molecular formula is C15H17ClN2O. The number of hydrogen-bond acceptors (Lipinski definition) is 3. The molecule has 1 aromatic rings. The summed E-state index contributed by atoms with van der Waals surface area (Å²) < 4.78 is 0. The van der Waals surface area contributed by atoms with Crippen molar-refractivity contribution in [3.05, 3.63) is 34.9 Å². The van der Waals surface area contributed by atoms with Crippen molar-refractivity contribution in [1.29, 1.82) is 0 Å². The number of halogens is 1. The highest BCUT2D eigenvalue weighted by Gasteiger charge is 2.54. The molecular weight excluding hydrogens is 260 g/mol. The Morgan fingerprint density at radius 1 is 1.21 bits per heavy atom. The van der Waals surface area contributed by atoms with Crippen molar-refractivity contribution in [2.45, 2.75) is 37.3 Å². The van der Waals surface area contributed by atoms with Crippen LogP contribution in [-0.4, -0.2) is 34.4 Å². The van der Waals surface area contributed by atoms with Gasteiger partial charge >= 0.3 is 0 Å². The van der Waals surface area contributed by atoms with Crippen LogP contribution in [0.3, 0.4) is 0 Å². The number of nitrogens with zero attached hydrogens (tertiary/aromatic N) is 2. The van der Waals surface area contributed by atoms with Gasteiger partial charge in [-0.3, -0.25) is 4.90 Å². The van der Waals surface area contributed by atoms with Crippen molar-refractivity contribution >= 4 is 17.3 Å². The molecule has 3 saturated heterocycles. The monoisotopic (exact) mass is 276 g/mol. The highest BCUT2D eigenvalue weighted by molar-refractivity contribution is 6.30. The highest BCUT2D eigenvalue weighted by atomic mass is 35.5. The SMILES string of the molecule is O/N=C1\CN2[C@H]3CC[C@@H]2[C@@H]1[C@@H](c1ccc(Cl)cc1)C3. The molecule has 3 nitrogen and oxygen atoms in total. The van der Waals surface area contributed by atoms with Gasteiger partial charge in [0.1, 0.15) is 0 Å². The molecule has 4 rings (SSSR count). The van der Waals surface area contributed by atoms with Gasteiger partial charge in [-0.05, 0) is 42.9 Å². The zero-order valence-corrected chi connectivity index (χ0v) is 11.4. The number of rotatable bonds is 1. The minimum Gasteiger partial charge on any atom is -0.411 e. The van der Waals surface area contributed by atoms with Crippen LogP contribution in [0.4, 0.5) is 0 Å². The number of piperidine rings is 1. The van der Waals surface area contributed by atoms with E-state index in [0.29, 0.717) is 23.9 Å². The van der Waals surface area contributed by atoms with E-state index >= 15 is 0 Å². The van der Waals surface area contributed by atoms with Crippen LogP contribution in [-0.2, 0) is 0 Å². The maximum atomic E-state index is 9.29. The third kappa shape index (κ3) is 1.65. The maximum absolute atomic E-state index is 9.29. The van der Waals surface area contributed by atoms with Crippen LogP contribution < -0.4 is 0 Å². The fraction of sp³-hybridized carbons (Fsp3) is 0.533. The van der Waals surface area contributed by atoms with E-state index in [9.17, 15) is 5.21 Å². The lowest BCUT2D eigenvalue weighted by atomic mass is 9.77. The highest BCUT2D eigenvalue weighted by Crippen LogP contribution is 2.51. The van der Waals surface area contributed by atoms with E-state index in [2.05, 4.69) is 22.2 Å². The van der Waals surface area contributed by atoms with Crippen LogP contribution in [0.15, 0.2) is 29.4 Å². The molecule has 0 amide bonds. The molecule has 3 heterocycles. The van der Waals surface area contributed by atoms with Gasteiger partial charge in [0, 0.05) is 29.6 Å². The molecule has 4 bridgehead atoms. The lowest BCUT2D eigenvalue weighted by Crippen LogP contribution is -2.40. The Kier molecular flexibility index (Phi) is 2.61. The zero-order valence-electron chi connectivity index (χ0n) is 10.7. The minimum absolute atomic E-state index is 0.393. The van der Waals surface area contributed by atoms with Gasteiger partial charge in [0.2, 0.25) is 0 Å². The van der Waals surface area contributed by atoms with Crippen molar-refractivity contribution in [2.75, 3.05) is 6.54 Å². The molecule has 3 aliphatic heterocycles. The van der Waals surface area contributed by atoms with E-state index in [1.807, 2.05) is 12.1 Å². The quantitative estimate of drug-likeness (QED) is 0.632. The normalized spacial score (nSPS) is 41.9. The van der Waals surface area contributed by atoms with E-state index in [1.54, 1.807) is 0 Å². The summed E-state index contributed by atoms with van der Waals surface area (Å²) in [4.78, 5) is 2.55.